The van der Waals surface area contributed by atoms with E-state index in [1.807, 2.05) is 18.2 Å². The predicted octanol–water partition coefficient (Wildman–Crippen LogP) is 2.69. The molecule has 1 aromatic carbocycles. The van der Waals surface area contributed by atoms with Gasteiger partial charge in [0.15, 0.2) is 0 Å². The Morgan fingerprint density at radius 3 is 1.97 bits per heavy atom. The van der Waals surface area contributed by atoms with E-state index in [1.165, 1.54) is 0 Å². The molecule has 1 aromatic heterocycles. The Morgan fingerprint density at radius 2 is 1.41 bits per heavy atom. The number of aromatic nitrogens is 1. The molecule has 3 rings (SSSR count). The highest BCUT2D eigenvalue weighted by molar-refractivity contribution is 6.21. The average molecular weight is 397 g/mol. The molecule has 152 valence electrons. The molecule has 2 heterocycles. The van der Waals surface area contributed by atoms with Crippen LogP contribution in [-0.2, 0) is 34.0 Å². The number of rotatable bonds is 7. The fraction of sp³-hybridized carbons (Fsp3) is 0.318. The Balaban J connectivity index is 2.41. The van der Waals surface area contributed by atoms with Crippen molar-refractivity contribution >= 4 is 23.6 Å². The lowest BCUT2D eigenvalue weighted by Crippen LogP contribution is -2.48. The van der Waals surface area contributed by atoms with E-state index < -0.39 is 23.3 Å². The van der Waals surface area contributed by atoms with Gasteiger partial charge in [-0.25, -0.2) is 4.79 Å². The maximum absolute atomic E-state index is 13.3. The smallest absolute Gasteiger partial charge is 0.338 e. The highest BCUT2D eigenvalue weighted by atomic mass is 16.6. The number of nitrogens with zero attached hydrogens (tertiary/aromatic N) is 1. The first-order valence-electron chi connectivity index (χ1n) is 9.53. The predicted molar refractivity (Wildman–Crippen MR) is 105 cm³/mol. The van der Waals surface area contributed by atoms with Crippen molar-refractivity contribution in [3.63, 3.8) is 0 Å². The molecule has 0 radical (unpaired) electrons. The minimum absolute atomic E-state index is 0.0392. The third-order valence-corrected chi connectivity index (χ3v) is 4.68. The van der Waals surface area contributed by atoms with Crippen LogP contribution in [0.3, 0.4) is 0 Å². The van der Waals surface area contributed by atoms with E-state index in [2.05, 4.69) is 0 Å². The fourth-order valence-corrected chi connectivity index (χ4v) is 3.62. The fourth-order valence-electron chi connectivity index (χ4n) is 3.62. The van der Waals surface area contributed by atoms with Gasteiger partial charge in [0.1, 0.15) is 0 Å². The zero-order chi connectivity index (χ0) is 21.0. The van der Waals surface area contributed by atoms with Crippen LogP contribution in [-0.4, -0.2) is 42.3 Å². The zero-order valence-corrected chi connectivity index (χ0v) is 16.6. The van der Waals surface area contributed by atoms with E-state index >= 15 is 0 Å². The molecule has 29 heavy (non-hydrogen) atoms. The van der Waals surface area contributed by atoms with Gasteiger partial charge in [-0.3, -0.25) is 9.59 Å². The standard InChI is InChI=1S/C22H23NO6/c1-4-27-19(24)17-18(15-11-8-7-9-12-15)23-14-10-13-16(23)22(17,20(25)28-5-2)21(26)29-6-3/h7-14H,4-6H2,1-3H3. The summed E-state index contributed by atoms with van der Waals surface area (Å²) in [6.45, 7) is 5.09. The quantitative estimate of drug-likeness (QED) is 0.406. The molecule has 1 aliphatic heterocycles. The van der Waals surface area contributed by atoms with Crippen LogP contribution in [0.1, 0.15) is 32.0 Å². The van der Waals surface area contributed by atoms with Crippen LogP contribution < -0.4 is 0 Å². The van der Waals surface area contributed by atoms with Crippen LogP contribution in [0.15, 0.2) is 54.2 Å². The summed E-state index contributed by atoms with van der Waals surface area (Å²) in [5.74, 6) is -2.50. The highest BCUT2D eigenvalue weighted by Crippen LogP contribution is 2.47. The van der Waals surface area contributed by atoms with E-state index in [0.717, 1.165) is 0 Å². The molecule has 7 nitrogen and oxygen atoms in total. The lowest BCUT2D eigenvalue weighted by atomic mass is 9.77. The summed E-state index contributed by atoms with van der Waals surface area (Å²) in [5, 5.41) is 0. The van der Waals surface area contributed by atoms with E-state index in [0.29, 0.717) is 11.3 Å². The molecule has 1 aliphatic rings. The van der Waals surface area contributed by atoms with Crippen molar-refractivity contribution in [3.05, 3.63) is 65.5 Å². The van der Waals surface area contributed by atoms with Crippen LogP contribution in [0.5, 0.6) is 0 Å². The molecule has 0 aliphatic carbocycles. The van der Waals surface area contributed by atoms with Gasteiger partial charge in [0.25, 0.3) is 0 Å². The molecule has 2 aromatic rings. The summed E-state index contributed by atoms with van der Waals surface area (Å²) in [5.41, 5.74) is -0.824. The van der Waals surface area contributed by atoms with E-state index in [-0.39, 0.29) is 31.1 Å². The van der Waals surface area contributed by atoms with Crippen molar-refractivity contribution < 1.29 is 28.6 Å². The molecular formula is C22H23NO6. The number of esters is 3. The first kappa shape index (κ1) is 20.4. The van der Waals surface area contributed by atoms with Crippen molar-refractivity contribution in [2.75, 3.05) is 19.8 Å². The summed E-state index contributed by atoms with van der Waals surface area (Å²) in [6.07, 6.45) is 1.69. The van der Waals surface area contributed by atoms with Crippen LogP contribution >= 0.6 is 0 Å². The Hall–Kier alpha value is -3.35. The van der Waals surface area contributed by atoms with E-state index in [1.54, 1.807) is 55.8 Å². The molecule has 0 spiro atoms. The maximum Gasteiger partial charge on any atom is 0.338 e. The van der Waals surface area contributed by atoms with Crippen molar-refractivity contribution in [2.45, 2.75) is 26.2 Å². The Kier molecular flexibility index (Phi) is 5.87. The van der Waals surface area contributed by atoms with Gasteiger partial charge < -0.3 is 18.8 Å². The van der Waals surface area contributed by atoms with Crippen LogP contribution in [0.25, 0.3) is 5.70 Å². The summed E-state index contributed by atoms with van der Waals surface area (Å²) in [6, 6.07) is 12.4. The molecule has 0 saturated carbocycles. The molecule has 0 amide bonds. The van der Waals surface area contributed by atoms with E-state index in [4.69, 9.17) is 14.2 Å². The molecule has 0 atom stereocenters. The van der Waals surface area contributed by atoms with Crippen LogP contribution in [0.4, 0.5) is 0 Å². The minimum atomic E-state index is -2.06. The normalized spacial score (nSPS) is 14.3. The van der Waals surface area contributed by atoms with Gasteiger partial charge >= 0.3 is 17.9 Å². The second-order valence-corrected chi connectivity index (χ2v) is 6.26. The van der Waals surface area contributed by atoms with Crippen molar-refractivity contribution in [1.29, 1.82) is 0 Å². The van der Waals surface area contributed by atoms with Crippen LogP contribution in [0, 0.1) is 0 Å². The van der Waals surface area contributed by atoms with Gasteiger partial charge in [0.05, 0.1) is 36.8 Å². The lowest BCUT2D eigenvalue weighted by Gasteiger charge is -2.26. The largest absolute Gasteiger partial charge is 0.465 e. The summed E-state index contributed by atoms with van der Waals surface area (Å²) < 4.78 is 17.5. The lowest BCUT2D eigenvalue weighted by molar-refractivity contribution is -0.164. The molecule has 0 N–H and O–H groups in total. The molecule has 0 unspecified atom stereocenters. The summed E-state index contributed by atoms with van der Waals surface area (Å²) >= 11 is 0. The second-order valence-electron chi connectivity index (χ2n) is 6.26. The number of hydrogen-bond acceptors (Lipinski definition) is 6. The van der Waals surface area contributed by atoms with Gasteiger partial charge in [-0.2, -0.15) is 0 Å². The number of hydrogen-bond donors (Lipinski definition) is 0. The Bertz CT molecular complexity index is 939. The Labute approximate surface area is 168 Å². The summed E-state index contributed by atoms with van der Waals surface area (Å²) in [4.78, 5) is 39.6. The highest BCUT2D eigenvalue weighted by Gasteiger charge is 2.63. The molecular weight excluding hydrogens is 374 g/mol. The third kappa shape index (κ3) is 3.12. The van der Waals surface area contributed by atoms with Crippen molar-refractivity contribution in [3.8, 4) is 0 Å². The molecule has 0 saturated heterocycles. The number of fused-ring (bicyclic) bond motifs is 1. The summed E-state index contributed by atoms with van der Waals surface area (Å²) in [7, 11) is 0. The second kappa shape index (κ2) is 8.34. The van der Waals surface area contributed by atoms with E-state index in [9.17, 15) is 14.4 Å². The SMILES string of the molecule is CCOC(=O)C1=C(c2ccccc2)n2cccc2C1(C(=O)OCC)C(=O)OCC. The average Bonchev–Trinajstić information content (AvgIpc) is 3.28. The van der Waals surface area contributed by atoms with Crippen LogP contribution in [0.2, 0.25) is 0 Å². The van der Waals surface area contributed by atoms with Gasteiger partial charge in [0, 0.05) is 6.20 Å². The number of carbonyl (C=O) groups is 3. The number of carbonyl (C=O) groups excluding carboxylic acids is 3. The number of ether oxygens (including phenoxy) is 3. The van der Waals surface area contributed by atoms with Crippen molar-refractivity contribution in [2.24, 2.45) is 0 Å². The van der Waals surface area contributed by atoms with Gasteiger partial charge in [0.2, 0.25) is 5.41 Å². The molecule has 0 fully saturated rings. The van der Waals surface area contributed by atoms with Gasteiger partial charge in [-0.15, -0.1) is 0 Å². The monoisotopic (exact) mass is 397 g/mol. The first-order valence-corrected chi connectivity index (χ1v) is 9.53. The Morgan fingerprint density at radius 1 is 0.828 bits per heavy atom. The maximum atomic E-state index is 13.3. The topological polar surface area (TPSA) is 83.8 Å². The van der Waals surface area contributed by atoms with Gasteiger partial charge in [-0.1, -0.05) is 30.3 Å². The van der Waals surface area contributed by atoms with Crippen molar-refractivity contribution in [1.82, 2.24) is 4.57 Å². The molecule has 0 bridgehead atoms. The first-order chi connectivity index (χ1) is 14.0. The molecule has 7 heteroatoms. The zero-order valence-electron chi connectivity index (χ0n) is 16.6. The number of benzene rings is 1. The third-order valence-electron chi connectivity index (χ3n) is 4.68. The minimum Gasteiger partial charge on any atom is -0.465 e. The van der Waals surface area contributed by atoms with Gasteiger partial charge in [-0.05, 0) is 38.5 Å².